The van der Waals surface area contributed by atoms with Crippen molar-refractivity contribution in [1.29, 1.82) is 0 Å². The Kier molecular flexibility index (Phi) is 5.87. The summed E-state index contributed by atoms with van der Waals surface area (Å²) in [4.78, 5) is 24.2. The molecule has 1 aliphatic rings. The number of carbonyl (C=O) groups excluding carboxylic acids is 2. The fourth-order valence-corrected chi connectivity index (χ4v) is 3.70. The highest BCUT2D eigenvalue weighted by Crippen LogP contribution is 2.32. The van der Waals surface area contributed by atoms with Gasteiger partial charge in [-0.3, -0.25) is 9.59 Å². The quantitative estimate of drug-likeness (QED) is 0.535. The number of rotatable bonds is 7. The van der Waals surface area contributed by atoms with E-state index in [9.17, 15) is 18.0 Å². The van der Waals surface area contributed by atoms with Crippen molar-refractivity contribution in [3.05, 3.63) is 53.1 Å². The molecule has 148 valence electrons. The highest BCUT2D eigenvalue weighted by Gasteiger charge is 2.24. The second-order valence-corrected chi connectivity index (χ2v) is 8.05. The SMILES string of the molecule is C[C@H](NS(=O)(=O)c1ccc(Cl)cc1)C(=O)OCC(=O)c1ccc2c(c1)OCO2. The average molecular weight is 426 g/mol. The number of benzene rings is 2. The first-order chi connectivity index (χ1) is 13.3. The Morgan fingerprint density at radius 3 is 2.54 bits per heavy atom. The summed E-state index contributed by atoms with van der Waals surface area (Å²) in [5.74, 6) is -0.383. The van der Waals surface area contributed by atoms with E-state index in [-0.39, 0.29) is 17.3 Å². The second kappa shape index (κ2) is 8.17. The van der Waals surface area contributed by atoms with Gasteiger partial charge in [-0.25, -0.2) is 8.42 Å². The number of esters is 1. The number of Topliss-reactive ketones (excluding diaryl/α,β-unsaturated/α-hetero) is 1. The summed E-state index contributed by atoms with van der Waals surface area (Å²) in [6, 6.07) is 8.87. The Morgan fingerprint density at radius 1 is 1.14 bits per heavy atom. The molecule has 0 amide bonds. The molecule has 0 aliphatic carbocycles. The summed E-state index contributed by atoms with van der Waals surface area (Å²) in [5, 5.41) is 0.383. The monoisotopic (exact) mass is 425 g/mol. The molecule has 8 nitrogen and oxygen atoms in total. The highest BCUT2D eigenvalue weighted by atomic mass is 35.5. The lowest BCUT2D eigenvalue weighted by atomic mass is 10.1. The molecule has 1 atom stereocenters. The largest absolute Gasteiger partial charge is 0.456 e. The van der Waals surface area contributed by atoms with Crippen LogP contribution < -0.4 is 14.2 Å². The normalized spacial score (nSPS) is 13.8. The van der Waals surface area contributed by atoms with E-state index in [4.69, 9.17) is 25.8 Å². The van der Waals surface area contributed by atoms with Crippen molar-refractivity contribution < 1.29 is 32.2 Å². The van der Waals surface area contributed by atoms with Crippen molar-refractivity contribution in [3.63, 3.8) is 0 Å². The van der Waals surface area contributed by atoms with E-state index in [0.29, 0.717) is 16.5 Å². The number of hydrogen-bond acceptors (Lipinski definition) is 7. The van der Waals surface area contributed by atoms with Gasteiger partial charge in [0, 0.05) is 10.6 Å². The fourth-order valence-electron chi connectivity index (χ4n) is 2.38. The zero-order valence-electron chi connectivity index (χ0n) is 14.7. The van der Waals surface area contributed by atoms with E-state index in [1.54, 1.807) is 6.07 Å². The third kappa shape index (κ3) is 4.61. The number of halogens is 1. The molecule has 0 unspecified atom stereocenters. The topological polar surface area (TPSA) is 108 Å². The van der Waals surface area contributed by atoms with Crippen LogP contribution in [0.2, 0.25) is 5.02 Å². The van der Waals surface area contributed by atoms with Crippen LogP contribution in [0, 0.1) is 0 Å². The average Bonchev–Trinajstić information content (AvgIpc) is 3.13. The predicted octanol–water partition coefficient (Wildman–Crippen LogP) is 2.16. The van der Waals surface area contributed by atoms with Gasteiger partial charge >= 0.3 is 5.97 Å². The molecule has 0 bridgehead atoms. The minimum absolute atomic E-state index is 0.0482. The summed E-state index contributed by atoms with van der Waals surface area (Å²) >= 11 is 5.73. The number of ketones is 1. The maximum absolute atomic E-state index is 12.3. The van der Waals surface area contributed by atoms with E-state index >= 15 is 0 Å². The summed E-state index contributed by atoms with van der Waals surface area (Å²) in [7, 11) is -3.94. The Labute approximate surface area is 166 Å². The van der Waals surface area contributed by atoms with Crippen LogP contribution >= 0.6 is 11.6 Å². The first-order valence-electron chi connectivity index (χ1n) is 8.13. The molecule has 3 rings (SSSR count). The minimum Gasteiger partial charge on any atom is -0.456 e. The Morgan fingerprint density at radius 2 is 1.82 bits per heavy atom. The molecule has 0 radical (unpaired) electrons. The molecule has 1 aliphatic heterocycles. The van der Waals surface area contributed by atoms with Crippen molar-refractivity contribution >= 4 is 33.4 Å². The van der Waals surface area contributed by atoms with Crippen LogP contribution in [-0.4, -0.2) is 39.6 Å². The van der Waals surface area contributed by atoms with Crippen LogP contribution in [0.1, 0.15) is 17.3 Å². The zero-order valence-corrected chi connectivity index (χ0v) is 16.2. The standard InChI is InChI=1S/C18H16ClNO7S/c1-11(20-28(23,24)14-5-3-13(19)4-6-14)18(22)25-9-15(21)12-2-7-16-17(8-12)27-10-26-16/h2-8,11,20H,9-10H2,1H3/t11-/m0/s1. The zero-order chi connectivity index (χ0) is 20.3. The molecule has 2 aromatic rings. The van der Waals surface area contributed by atoms with Crippen molar-refractivity contribution in [3.8, 4) is 11.5 Å². The molecule has 0 aromatic heterocycles. The molecular weight excluding hydrogens is 410 g/mol. The van der Waals surface area contributed by atoms with Gasteiger partial charge in [0.2, 0.25) is 16.8 Å². The van der Waals surface area contributed by atoms with Crippen molar-refractivity contribution in [1.82, 2.24) is 4.72 Å². The van der Waals surface area contributed by atoms with Crippen molar-refractivity contribution in [2.45, 2.75) is 17.9 Å². The Hall–Kier alpha value is -2.62. The number of fused-ring (bicyclic) bond motifs is 1. The van der Waals surface area contributed by atoms with Gasteiger partial charge in [0.05, 0.1) is 4.90 Å². The molecule has 28 heavy (non-hydrogen) atoms. The number of hydrogen-bond donors (Lipinski definition) is 1. The first kappa shape index (κ1) is 20.1. The number of sulfonamides is 1. The molecule has 0 spiro atoms. The summed E-state index contributed by atoms with van der Waals surface area (Å²) in [6.45, 7) is 0.861. The summed E-state index contributed by atoms with van der Waals surface area (Å²) < 4.78 is 42.0. The van der Waals surface area contributed by atoms with Gasteiger partial charge in [-0.2, -0.15) is 4.72 Å². The lowest BCUT2D eigenvalue weighted by Crippen LogP contribution is -2.40. The molecule has 2 aromatic carbocycles. The Bertz CT molecular complexity index is 1010. The lowest BCUT2D eigenvalue weighted by Gasteiger charge is -2.13. The Balaban J connectivity index is 1.56. The van der Waals surface area contributed by atoms with Gasteiger partial charge in [0.1, 0.15) is 6.04 Å². The minimum atomic E-state index is -3.94. The summed E-state index contributed by atoms with van der Waals surface area (Å²) in [5.41, 5.74) is 0.284. The number of ether oxygens (including phenoxy) is 3. The van der Waals surface area contributed by atoms with Gasteiger partial charge < -0.3 is 14.2 Å². The van der Waals surface area contributed by atoms with Crippen LogP contribution in [0.15, 0.2) is 47.4 Å². The first-order valence-corrected chi connectivity index (χ1v) is 10.00. The van der Waals surface area contributed by atoms with E-state index < -0.39 is 34.4 Å². The van der Waals surface area contributed by atoms with Gasteiger partial charge in [-0.05, 0) is 49.4 Å². The van der Waals surface area contributed by atoms with Gasteiger partial charge in [-0.15, -0.1) is 0 Å². The van der Waals surface area contributed by atoms with Crippen LogP contribution in [0.25, 0.3) is 0 Å². The van der Waals surface area contributed by atoms with Gasteiger partial charge in [0.25, 0.3) is 0 Å². The van der Waals surface area contributed by atoms with Crippen LogP contribution in [0.5, 0.6) is 11.5 Å². The lowest BCUT2D eigenvalue weighted by molar-refractivity contribution is -0.144. The van der Waals surface area contributed by atoms with E-state index in [0.717, 1.165) is 0 Å². The van der Waals surface area contributed by atoms with Crippen LogP contribution in [0.4, 0.5) is 0 Å². The van der Waals surface area contributed by atoms with Crippen molar-refractivity contribution in [2.75, 3.05) is 13.4 Å². The van der Waals surface area contributed by atoms with Crippen molar-refractivity contribution in [2.24, 2.45) is 0 Å². The number of carbonyl (C=O) groups is 2. The van der Waals surface area contributed by atoms with E-state index in [2.05, 4.69) is 4.72 Å². The molecule has 1 heterocycles. The smallest absolute Gasteiger partial charge is 0.324 e. The molecule has 0 saturated carbocycles. The second-order valence-electron chi connectivity index (χ2n) is 5.90. The summed E-state index contributed by atoms with van der Waals surface area (Å²) in [6.07, 6.45) is 0. The maximum Gasteiger partial charge on any atom is 0.324 e. The molecule has 0 saturated heterocycles. The van der Waals surface area contributed by atoms with Gasteiger partial charge in [0.15, 0.2) is 23.9 Å². The van der Waals surface area contributed by atoms with Gasteiger partial charge in [-0.1, -0.05) is 11.6 Å². The predicted molar refractivity (Wildman–Crippen MR) is 99.1 cm³/mol. The molecule has 1 N–H and O–H groups in total. The third-order valence-corrected chi connectivity index (χ3v) is 5.66. The molecular formula is C18H16ClNO7S. The van der Waals surface area contributed by atoms with Crippen LogP contribution in [0.3, 0.4) is 0 Å². The van der Waals surface area contributed by atoms with Crippen LogP contribution in [-0.2, 0) is 19.6 Å². The van der Waals surface area contributed by atoms with E-state index in [1.165, 1.54) is 43.3 Å². The highest BCUT2D eigenvalue weighted by molar-refractivity contribution is 7.89. The fraction of sp³-hybridized carbons (Fsp3) is 0.222. The van der Waals surface area contributed by atoms with E-state index in [1.807, 2.05) is 0 Å². The third-order valence-electron chi connectivity index (χ3n) is 3.85. The number of nitrogens with one attached hydrogen (secondary N) is 1. The maximum atomic E-state index is 12.3. The molecule has 0 fully saturated rings. The molecule has 10 heteroatoms.